The molecule has 0 aromatic heterocycles. The van der Waals surface area contributed by atoms with Crippen molar-refractivity contribution in [3.63, 3.8) is 0 Å². The van der Waals surface area contributed by atoms with Crippen LogP contribution in [0.1, 0.15) is 45.2 Å². The van der Waals surface area contributed by atoms with E-state index in [1.54, 1.807) is 0 Å². The Hall–Kier alpha value is -0.670. The van der Waals surface area contributed by atoms with Crippen LogP contribution in [0.25, 0.3) is 0 Å². The van der Waals surface area contributed by atoms with Crippen LogP contribution >= 0.6 is 11.8 Å². The lowest BCUT2D eigenvalue weighted by atomic mass is 10.0. The Morgan fingerprint density at radius 3 is 2.40 bits per heavy atom. The molecule has 0 spiro atoms. The zero-order chi connectivity index (χ0) is 14.4. The fourth-order valence-electron chi connectivity index (χ4n) is 2.52. The normalized spacial score (nSPS) is 18.2. The summed E-state index contributed by atoms with van der Waals surface area (Å²) in [6.45, 7) is 7.50. The van der Waals surface area contributed by atoms with Crippen LogP contribution in [0, 0.1) is 5.92 Å². The molecule has 1 aliphatic rings. The molecule has 2 rings (SSSR count). The van der Waals surface area contributed by atoms with Gasteiger partial charge in [0.15, 0.2) is 0 Å². The van der Waals surface area contributed by atoms with Gasteiger partial charge in [0, 0.05) is 6.04 Å². The highest BCUT2D eigenvalue weighted by Gasteiger charge is 2.14. The van der Waals surface area contributed by atoms with E-state index < -0.39 is 0 Å². The Kier molecular flexibility index (Phi) is 6.24. The van der Waals surface area contributed by atoms with Crippen LogP contribution in [-0.4, -0.2) is 24.2 Å². The zero-order valence-corrected chi connectivity index (χ0v) is 13.7. The lowest BCUT2D eigenvalue weighted by Crippen LogP contribution is -2.28. The minimum Gasteiger partial charge on any atom is -0.491 e. The molecule has 1 atom stereocenters. The van der Waals surface area contributed by atoms with Gasteiger partial charge in [0.25, 0.3) is 0 Å². The number of ether oxygens (including phenoxy) is 1. The third kappa shape index (κ3) is 5.02. The average molecular weight is 293 g/mol. The number of hydrogen-bond acceptors (Lipinski definition) is 3. The van der Waals surface area contributed by atoms with Gasteiger partial charge in [-0.2, -0.15) is 11.8 Å². The molecule has 2 nitrogen and oxygen atoms in total. The van der Waals surface area contributed by atoms with Crippen molar-refractivity contribution in [2.24, 2.45) is 5.92 Å². The van der Waals surface area contributed by atoms with Crippen LogP contribution in [0.4, 0.5) is 0 Å². The van der Waals surface area contributed by atoms with Crippen LogP contribution < -0.4 is 10.1 Å². The monoisotopic (exact) mass is 293 g/mol. The Morgan fingerprint density at radius 2 is 1.80 bits per heavy atom. The topological polar surface area (TPSA) is 21.3 Å². The highest BCUT2D eigenvalue weighted by Crippen LogP contribution is 2.23. The highest BCUT2D eigenvalue weighted by molar-refractivity contribution is 7.99. The van der Waals surface area contributed by atoms with Crippen LogP contribution in [0.15, 0.2) is 24.3 Å². The summed E-state index contributed by atoms with van der Waals surface area (Å²) in [7, 11) is 0. The van der Waals surface area contributed by atoms with Crippen molar-refractivity contribution < 1.29 is 4.74 Å². The molecule has 1 saturated heterocycles. The molecule has 3 heteroatoms. The minimum atomic E-state index is 0.237. The Balaban J connectivity index is 1.80. The molecular formula is C17H27NOS. The number of rotatable bonds is 6. The molecule has 0 saturated carbocycles. The maximum atomic E-state index is 5.68. The van der Waals surface area contributed by atoms with Gasteiger partial charge in [0.05, 0.1) is 6.10 Å². The van der Waals surface area contributed by atoms with Crippen LogP contribution in [-0.2, 0) is 0 Å². The molecular weight excluding hydrogens is 266 g/mol. The summed E-state index contributed by atoms with van der Waals surface area (Å²) in [4.78, 5) is 0. The van der Waals surface area contributed by atoms with Gasteiger partial charge >= 0.3 is 0 Å². The third-order valence-electron chi connectivity index (χ3n) is 3.81. The molecule has 1 aromatic carbocycles. The van der Waals surface area contributed by atoms with Crippen LogP contribution in [0.2, 0.25) is 0 Å². The predicted molar refractivity (Wildman–Crippen MR) is 88.7 cm³/mol. The van der Waals surface area contributed by atoms with Gasteiger partial charge in [-0.1, -0.05) is 12.1 Å². The van der Waals surface area contributed by atoms with E-state index >= 15 is 0 Å². The van der Waals surface area contributed by atoms with Gasteiger partial charge in [0.2, 0.25) is 0 Å². The molecule has 1 fully saturated rings. The number of hydrogen-bond donors (Lipinski definition) is 1. The van der Waals surface area contributed by atoms with Gasteiger partial charge in [-0.15, -0.1) is 0 Å². The Labute approximate surface area is 127 Å². The van der Waals surface area contributed by atoms with Crippen molar-refractivity contribution in [2.45, 2.75) is 45.8 Å². The van der Waals surface area contributed by atoms with Gasteiger partial charge in [-0.25, -0.2) is 0 Å². The van der Waals surface area contributed by atoms with Crippen molar-refractivity contribution in [3.05, 3.63) is 29.8 Å². The second kappa shape index (κ2) is 7.94. The standard InChI is InChI=1S/C17H27NOS/c1-13(2)19-17-6-4-16(5-7-17)14(3)18-12-15-8-10-20-11-9-15/h4-7,13-15,18H,8-12H2,1-3H3. The maximum absolute atomic E-state index is 5.68. The summed E-state index contributed by atoms with van der Waals surface area (Å²) in [6.07, 6.45) is 2.97. The number of benzene rings is 1. The van der Waals surface area contributed by atoms with Crippen molar-refractivity contribution in [3.8, 4) is 5.75 Å². The first kappa shape index (κ1) is 15.7. The van der Waals surface area contributed by atoms with Gasteiger partial charge in [0.1, 0.15) is 5.75 Å². The second-order valence-corrected chi connectivity index (χ2v) is 7.15. The summed E-state index contributed by atoms with van der Waals surface area (Å²) in [5.41, 5.74) is 1.34. The third-order valence-corrected chi connectivity index (χ3v) is 4.85. The fraction of sp³-hybridized carbons (Fsp3) is 0.647. The quantitative estimate of drug-likeness (QED) is 0.846. The molecule has 1 N–H and O–H groups in total. The zero-order valence-electron chi connectivity index (χ0n) is 12.9. The summed E-state index contributed by atoms with van der Waals surface area (Å²) < 4.78 is 5.68. The Morgan fingerprint density at radius 1 is 1.15 bits per heavy atom. The molecule has 1 unspecified atom stereocenters. The van der Waals surface area contributed by atoms with Crippen LogP contribution in [0.5, 0.6) is 5.75 Å². The molecule has 0 amide bonds. The fourth-order valence-corrected chi connectivity index (χ4v) is 3.72. The molecule has 0 bridgehead atoms. The first-order valence-corrected chi connectivity index (χ1v) is 8.88. The van der Waals surface area contributed by atoms with Gasteiger partial charge < -0.3 is 10.1 Å². The van der Waals surface area contributed by atoms with Crippen molar-refractivity contribution >= 4 is 11.8 Å². The molecule has 0 radical (unpaired) electrons. The second-order valence-electron chi connectivity index (χ2n) is 5.92. The molecule has 20 heavy (non-hydrogen) atoms. The molecule has 1 aromatic rings. The van der Waals surface area contributed by atoms with E-state index in [1.165, 1.54) is 29.9 Å². The molecule has 1 aliphatic heterocycles. The maximum Gasteiger partial charge on any atom is 0.119 e. The van der Waals surface area contributed by atoms with E-state index in [9.17, 15) is 0 Å². The first-order valence-electron chi connectivity index (χ1n) is 7.73. The highest BCUT2D eigenvalue weighted by atomic mass is 32.2. The van der Waals surface area contributed by atoms with E-state index in [-0.39, 0.29) is 6.10 Å². The lowest BCUT2D eigenvalue weighted by molar-refractivity contribution is 0.242. The van der Waals surface area contributed by atoms with E-state index in [4.69, 9.17) is 4.74 Å². The summed E-state index contributed by atoms with van der Waals surface area (Å²) in [5.74, 6) is 4.49. The van der Waals surface area contributed by atoms with E-state index in [2.05, 4.69) is 62.1 Å². The largest absolute Gasteiger partial charge is 0.491 e. The van der Waals surface area contributed by atoms with Gasteiger partial charge in [-0.3, -0.25) is 0 Å². The smallest absolute Gasteiger partial charge is 0.119 e. The summed E-state index contributed by atoms with van der Waals surface area (Å²) in [6, 6.07) is 8.91. The summed E-state index contributed by atoms with van der Waals surface area (Å²) >= 11 is 2.09. The molecule has 112 valence electrons. The van der Waals surface area contributed by atoms with Crippen LogP contribution in [0.3, 0.4) is 0 Å². The van der Waals surface area contributed by atoms with E-state index in [0.717, 1.165) is 18.2 Å². The van der Waals surface area contributed by atoms with Gasteiger partial charge in [-0.05, 0) is 75.3 Å². The van der Waals surface area contributed by atoms with Crippen molar-refractivity contribution in [1.29, 1.82) is 0 Å². The number of thioether (sulfide) groups is 1. The minimum absolute atomic E-state index is 0.237. The van der Waals surface area contributed by atoms with Crippen molar-refractivity contribution in [1.82, 2.24) is 5.32 Å². The summed E-state index contributed by atoms with van der Waals surface area (Å²) in [5, 5.41) is 3.68. The Bertz CT molecular complexity index is 384. The molecule has 1 heterocycles. The van der Waals surface area contributed by atoms with E-state index in [0.29, 0.717) is 6.04 Å². The first-order chi connectivity index (χ1) is 9.65. The average Bonchev–Trinajstić information content (AvgIpc) is 2.46. The number of nitrogens with one attached hydrogen (secondary N) is 1. The lowest BCUT2D eigenvalue weighted by Gasteiger charge is -2.24. The predicted octanol–water partition coefficient (Wildman–Crippen LogP) is 4.27. The van der Waals surface area contributed by atoms with E-state index in [1.807, 2.05) is 0 Å². The SMILES string of the molecule is CC(C)Oc1ccc(C(C)NCC2CCSCC2)cc1. The van der Waals surface area contributed by atoms with Crippen molar-refractivity contribution in [2.75, 3.05) is 18.1 Å². The molecule has 0 aliphatic carbocycles.